The number of aryl methyl sites for hydroxylation is 1. The molecule has 3 aliphatic heterocycles. The second-order valence-corrected chi connectivity index (χ2v) is 7.34. The smallest absolute Gasteiger partial charge is 0.311 e. The van der Waals surface area contributed by atoms with Crippen LogP contribution in [0.15, 0.2) is 18.2 Å². The second-order valence-electron chi connectivity index (χ2n) is 7.34. The van der Waals surface area contributed by atoms with Gasteiger partial charge in [-0.25, -0.2) is 0 Å². The highest BCUT2D eigenvalue weighted by Gasteiger charge is 2.36. The predicted molar refractivity (Wildman–Crippen MR) is 95.5 cm³/mol. The Morgan fingerprint density at radius 1 is 1.33 bits per heavy atom. The number of hydrogen-bond acceptors (Lipinski definition) is 3. The molecule has 0 radical (unpaired) electrons. The van der Waals surface area contributed by atoms with Gasteiger partial charge >= 0.3 is 5.97 Å². The van der Waals surface area contributed by atoms with Crippen LogP contribution in [0.2, 0.25) is 0 Å². The average molecular weight is 326 g/mol. The van der Waals surface area contributed by atoms with Crippen molar-refractivity contribution in [2.24, 2.45) is 5.92 Å². The van der Waals surface area contributed by atoms with Crippen LogP contribution < -0.4 is 4.74 Å². The van der Waals surface area contributed by atoms with E-state index in [9.17, 15) is 4.79 Å². The monoisotopic (exact) mass is 326 g/mol. The number of H-pyrrole nitrogens is 1. The number of nitrogens with zero attached hydrogens (tertiary/aromatic N) is 1. The molecule has 2 aromatic rings. The lowest BCUT2D eigenvalue weighted by Crippen LogP contribution is -2.46. The molecule has 1 aromatic heterocycles. The number of fused-ring (bicyclic) bond motifs is 4. The van der Waals surface area contributed by atoms with E-state index in [2.05, 4.69) is 22.9 Å². The summed E-state index contributed by atoms with van der Waals surface area (Å²) in [6.07, 6.45) is 3.90. The number of esters is 1. The number of carbonyl (C=O) groups is 1. The Labute approximate surface area is 143 Å². The van der Waals surface area contributed by atoms with Gasteiger partial charge in [0.25, 0.3) is 0 Å². The fourth-order valence-corrected chi connectivity index (χ4v) is 4.55. The predicted octanol–water partition coefficient (Wildman–Crippen LogP) is 3.99. The molecule has 2 bridgehead atoms. The first-order chi connectivity index (χ1) is 11.7. The van der Waals surface area contributed by atoms with Gasteiger partial charge in [-0.15, -0.1) is 0 Å². The quantitative estimate of drug-likeness (QED) is 0.682. The Balaban J connectivity index is 1.69. The molecule has 3 fully saturated rings. The molecule has 0 saturated carbocycles. The second kappa shape index (κ2) is 6.25. The number of benzene rings is 1. The Bertz CT molecular complexity index is 756. The van der Waals surface area contributed by atoms with Crippen LogP contribution in [0.5, 0.6) is 5.75 Å². The van der Waals surface area contributed by atoms with Gasteiger partial charge in [0.05, 0.1) is 0 Å². The van der Waals surface area contributed by atoms with Crippen LogP contribution in [-0.2, 0) is 4.79 Å². The highest BCUT2D eigenvalue weighted by atomic mass is 16.5. The fraction of sp³-hybridized carbons (Fsp3) is 0.550. The van der Waals surface area contributed by atoms with Crippen LogP contribution >= 0.6 is 0 Å². The van der Waals surface area contributed by atoms with Crippen LogP contribution in [0.4, 0.5) is 0 Å². The SMILES string of the molecule is CCCC(=O)Oc1ccc2[nH]c(C)c(C3CN4CCC3CC4)c2c1. The zero-order chi connectivity index (χ0) is 16.7. The summed E-state index contributed by atoms with van der Waals surface area (Å²) >= 11 is 0. The number of nitrogens with one attached hydrogen (secondary N) is 1. The van der Waals surface area contributed by atoms with E-state index in [1.165, 1.54) is 42.6 Å². The van der Waals surface area contributed by atoms with Gasteiger partial charge in [0, 0.05) is 35.5 Å². The van der Waals surface area contributed by atoms with Gasteiger partial charge in [0.15, 0.2) is 0 Å². The van der Waals surface area contributed by atoms with Crippen molar-refractivity contribution in [3.63, 3.8) is 0 Å². The third-order valence-corrected chi connectivity index (χ3v) is 5.72. The zero-order valence-corrected chi connectivity index (χ0v) is 14.6. The number of rotatable bonds is 4. The molecule has 4 heterocycles. The first-order valence-electron chi connectivity index (χ1n) is 9.21. The Morgan fingerprint density at radius 3 is 2.79 bits per heavy atom. The lowest BCUT2D eigenvalue weighted by Gasteiger charge is -2.45. The first-order valence-corrected chi connectivity index (χ1v) is 9.21. The molecule has 5 rings (SSSR count). The Morgan fingerprint density at radius 2 is 2.12 bits per heavy atom. The standard InChI is InChI=1S/C20H26N2O2/c1-3-4-19(23)24-15-5-6-18-16(11-15)20(13(2)21-18)17-12-22-9-7-14(17)8-10-22/h5-6,11,14,17,21H,3-4,7-10,12H2,1-2H3. The van der Waals surface area contributed by atoms with Crippen molar-refractivity contribution in [3.05, 3.63) is 29.5 Å². The number of hydrogen-bond donors (Lipinski definition) is 1. The van der Waals surface area contributed by atoms with Gasteiger partial charge in [0.1, 0.15) is 5.75 Å². The zero-order valence-electron chi connectivity index (χ0n) is 14.6. The minimum atomic E-state index is -0.145. The summed E-state index contributed by atoms with van der Waals surface area (Å²) in [5, 5.41) is 1.23. The van der Waals surface area contributed by atoms with Crippen molar-refractivity contribution < 1.29 is 9.53 Å². The third-order valence-electron chi connectivity index (χ3n) is 5.72. The molecule has 3 saturated heterocycles. The highest BCUT2D eigenvalue weighted by Crippen LogP contribution is 2.43. The Hall–Kier alpha value is -1.81. The maximum Gasteiger partial charge on any atom is 0.311 e. The van der Waals surface area contributed by atoms with Crippen molar-refractivity contribution in [3.8, 4) is 5.75 Å². The van der Waals surface area contributed by atoms with Crippen LogP contribution in [0, 0.1) is 12.8 Å². The summed E-state index contributed by atoms with van der Waals surface area (Å²) in [6, 6.07) is 5.99. The van der Waals surface area contributed by atoms with E-state index in [4.69, 9.17) is 4.74 Å². The number of piperidine rings is 3. The van der Waals surface area contributed by atoms with Crippen molar-refractivity contribution in [1.29, 1.82) is 0 Å². The van der Waals surface area contributed by atoms with Crippen molar-refractivity contribution >= 4 is 16.9 Å². The van der Waals surface area contributed by atoms with Gasteiger partial charge in [-0.05, 0) is 69.0 Å². The summed E-state index contributed by atoms with van der Waals surface area (Å²) < 4.78 is 5.51. The normalized spacial score (nSPS) is 26.0. The molecule has 4 heteroatoms. The highest BCUT2D eigenvalue weighted by molar-refractivity contribution is 5.87. The lowest BCUT2D eigenvalue weighted by molar-refractivity contribution is -0.134. The van der Waals surface area contributed by atoms with E-state index in [1.807, 2.05) is 19.1 Å². The van der Waals surface area contributed by atoms with Crippen LogP contribution in [-0.4, -0.2) is 35.5 Å². The molecular weight excluding hydrogens is 300 g/mol. The van der Waals surface area contributed by atoms with Crippen molar-refractivity contribution in [2.75, 3.05) is 19.6 Å². The summed E-state index contributed by atoms with van der Waals surface area (Å²) in [4.78, 5) is 17.9. The molecule has 0 spiro atoms. The molecular formula is C20H26N2O2. The molecule has 128 valence electrons. The maximum absolute atomic E-state index is 11.8. The summed E-state index contributed by atoms with van der Waals surface area (Å²) in [5.74, 6) is 1.91. The van der Waals surface area contributed by atoms with Gasteiger partial charge < -0.3 is 14.6 Å². The van der Waals surface area contributed by atoms with Gasteiger partial charge in [-0.3, -0.25) is 4.79 Å². The van der Waals surface area contributed by atoms with Crippen molar-refractivity contribution in [2.45, 2.75) is 45.4 Å². The lowest BCUT2D eigenvalue weighted by atomic mass is 9.75. The van der Waals surface area contributed by atoms with Gasteiger partial charge in [-0.2, -0.15) is 0 Å². The molecule has 4 nitrogen and oxygen atoms in total. The van der Waals surface area contributed by atoms with Crippen LogP contribution in [0.1, 0.15) is 49.8 Å². The molecule has 1 unspecified atom stereocenters. The number of carbonyl (C=O) groups excluding carboxylic acids is 1. The van der Waals surface area contributed by atoms with E-state index in [-0.39, 0.29) is 5.97 Å². The first kappa shape index (κ1) is 15.7. The van der Waals surface area contributed by atoms with Crippen LogP contribution in [0.3, 0.4) is 0 Å². The van der Waals surface area contributed by atoms with E-state index in [0.717, 1.165) is 24.4 Å². The summed E-state index contributed by atoms with van der Waals surface area (Å²) in [6.45, 7) is 7.84. The third kappa shape index (κ3) is 2.73. The van der Waals surface area contributed by atoms with Crippen molar-refractivity contribution in [1.82, 2.24) is 9.88 Å². The molecule has 1 aromatic carbocycles. The minimum absolute atomic E-state index is 0.145. The van der Waals surface area contributed by atoms with Crippen LogP contribution in [0.25, 0.3) is 10.9 Å². The molecule has 3 aliphatic rings. The molecule has 0 aliphatic carbocycles. The van der Waals surface area contributed by atoms with E-state index >= 15 is 0 Å². The summed E-state index contributed by atoms with van der Waals surface area (Å²) in [5.41, 5.74) is 3.85. The minimum Gasteiger partial charge on any atom is -0.427 e. The van der Waals surface area contributed by atoms with E-state index in [1.54, 1.807) is 0 Å². The average Bonchev–Trinajstić information content (AvgIpc) is 2.91. The number of aromatic amines is 1. The fourth-order valence-electron chi connectivity index (χ4n) is 4.55. The van der Waals surface area contributed by atoms with Gasteiger partial charge in [0.2, 0.25) is 0 Å². The number of aromatic nitrogens is 1. The summed E-state index contributed by atoms with van der Waals surface area (Å²) in [7, 11) is 0. The maximum atomic E-state index is 11.8. The van der Waals surface area contributed by atoms with Gasteiger partial charge in [-0.1, -0.05) is 6.92 Å². The number of ether oxygens (including phenoxy) is 1. The molecule has 1 N–H and O–H groups in total. The Kier molecular flexibility index (Phi) is 4.09. The van der Waals surface area contributed by atoms with E-state index in [0.29, 0.717) is 18.1 Å². The molecule has 24 heavy (non-hydrogen) atoms. The molecule has 0 amide bonds. The topological polar surface area (TPSA) is 45.3 Å². The largest absolute Gasteiger partial charge is 0.427 e. The molecule has 1 atom stereocenters. The van der Waals surface area contributed by atoms with E-state index < -0.39 is 0 Å².